The van der Waals surface area contributed by atoms with Crippen LogP contribution in [-0.2, 0) is 28.8 Å². The molecule has 7 atom stereocenters. The molecule has 13 heteroatoms. The second kappa shape index (κ2) is 13.4. The van der Waals surface area contributed by atoms with E-state index >= 15 is 0 Å². The molecule has 7 amide bonds. The molecule has 5 fully saturated rings. The number of carbonyl (C=O) groups excluding carboxylic acids is 7. The van der Waals surface area contributed by atoms with Crippen molar-refractivity contribution in [1.29, 1.82) is 0 Å². The van der Waals surface area contributed by atoms with Crippen LogP contribution in [0.1, 0.15) is 121 Å². The molecule has 2 aliphatic heterocycles. The first-order chi connectivity index (χ1) is 23.8. The van der Waals surface area contributed by atoms with E-state index in [1.54, 1.807) is 4.90 Å². The van der Waals surface area contributed by atoms with E-state index in [1.165, 1.54) is 4.90 Å². The van der Waals surface area contributed by atoms with E-state index in [2.05, 4.69) is 35.1 Å². The minimum atomic E-state index is -1.28. The molecule has 0 aromatic carbocycles. The molecule has 5 aliphatic rings. The molecule has 3 aliphatic carbocycles. The Hall–Kier alpha value is -3.51. The Morgan fingerprint density at radius 2 is 1.48 bits per heavy atom. The van der Waals surface area contributed by atoms with Gasteiger partial charge in [0.15, 0.2) is 0 Å². The number of carbonyl (C=O) groups is 7. The summed E-state index contributed by atoms with van der Waals surface area (Å²) in [6, 6.07) is -3.14. The van der Waals surface area contributed by atoms with Crippen LogP contribution in [0.3, 0.4) is 0 Å². The van der Waals surface area contributed by atoms with E-state index in [0.29, 0.717) is 19.4 Å². The lowest BCUT2D eigenvalue weighted by Crippen LogP contribution is -2.63. The van der Waals surface area contributed by atoms with Crippen molar-refractivity contribution in [3.63, 3.8) is 0 Å². The SMILES string of the molecule is CCC[C@H]1C[C@@]1(NC(=O)[C@@H]1[C@@H]2[C@H](CN1C(=O)[C@@H](NC(=O)N[C@H](CN1C(=O)CC(C)(C)CC1=O)C(C)(C)C)C(C)(C)C)C2(C)C)C(=O)C(=O)NC1CC1. The van der Waals surface area contributed by atoms with Crippen molar-refractivity contribution in [2.24, 2.45) is 39.4 Å². The molecular weight excluding hydrogens is 664 g/mol. The second-order valence-corrected chi connectivity index (χ2v) is 19.9. The zero-order chi connectivity index (χ0) is 38.9. The minimum absolute atomic E-state index is 0.00316. The van der Waals surface area contributed by atoms with Gasteiger partial charge in [-0.2, -0.15) is 0 Å². The monoisotopic (exact) mass is 726 g/mol. The normalized spacial score (nSPS) is 30.1. The smallest absolute Gasteiger partial charge is 0.315 e. The molecule has 0 bridgehead atoms. The molecule has 5 rings (SSSR count). The summed E-state index contributed by atoms with van der Waals surface area (Å²) in [4.78, 5) is 97.9. The number of likely N-dealkylation sites (tertiary alicyclic amines) is 2. The summed E-state index contributed by atoms with van der Waals surface area (Å²) in [6.45, 7) is 21.5. The number of ketones is 1. The van der Waals surface area contributed by atoms with Crippen LogP contribution in [0.5, 0.6) is 0 Å². The predicted octanol–water partition coefficient (Wildman–Crippen LogP) is 3.30. The molecular formula is C39H62N6O7. The summed E-state index contributed by atoms with van der Waals surface area (Å²) < 4.78 is 0. The third kappa shape index (κ3) is 7.88. The minimum Gasteiger partial charge on any atom is -0.347 e. The van der Waals surface area contributed by atoms with Crippen molar-refractivity contribution in [3.05, 3.63) is 0 Å². The van der Waals surface area contributed by atoms with Crippen molar-refractivity contribution in [3.8, 4) is 0 Å². The van der Waals surface area contributed by atoms with Gasteiger partial charge in [0.2, 0.25) is 29.4 Å². The summed E-state index contributed by atoms with van der Waals surface area (Å²) in [5.41, 5.74) is -3.22. The van der Waals surface area contributed by atoms with E-state index in [9.17, 15) is 33.6 Å². The molecule has 0 spiro atoms. The van der Waals surface area contributed by atoms with Gasteiger partial charge in [-0.1, -0.05) is 82.6 Å². The van der Waals surface area contributed by atoms with Crippen LogP contribution in [-0.4, -0.2) is 93.9 Å². The molecule has 0 aromatic heterocycles. The van der Waals surface area contributed by atoms with Gasteiger partial charge in [-0.25, -0.2) is 4.79 Å². The highest BCUT2D eigenvalue weighted by atomic mass is 16.2. The number of fused-ring (bicyclic) bond motifs is 1. The quantitative estimate of drug-likeness (QED) is 0.176. The molecule has 0 aromatic rings. The Morgan fingerprint density at radius 3 is 2.00 bits per heavy atom. The van der Waals surface area contributed by atoms with Gasteiger partial charge in [0, 0.05) is 32.0 Å². The van der Waals surface area contributed by atoms with Crippen LogP contribution in [0.25, 0.3) is 0 Å². The highest BCUT2D eigenvalue weighted by Crippen LogP contribution is 2.65. The van der Waals surface area contributed by atoms with E-state index < -0.39 is 69.4 Å². The van der Waals surface area contributed by atoms with Crippen molar-refractivity contribution in [2.45, 2.75) is 151 Å². The van der Waals surface area contributed by atoms with Gasteiger partial charge in [0.1, 0.15) is 17.6 Å². The average molecular weight is 727 g/mol. The Bertz CT molecular complexity index is 1500. The van der Waals surface area contributed by atoms with Crippen molar-refractivity contribution >= 4 is 41.4 Å². The van der Waals surface area contributed by atoms with E-state index in [0.717, 1.165) is 19.3 Å². The van der Waals surface area contributed by atoms with Crippen molar-refractivity contribution in [2.75, 3.05) is 13.1 Å². The van der Waals surface area contributed by atoms with E-state index in [1.807, 2.05) is 62.3 Å². The first-order valence-electron chi connectivity index (χ1n) is 19.2. The Labute approximate surface area is 308 Å². The molecule has 13 nitrogen and oxygen atoms in total. The fraction of sp³-hybridized carbons (Fsp3) is 0.821. The molecule has 52 heavy (non-hydrogen) atoms. The lowest BCUT2D eigenvalue weighted by molar-refractivity contribution is -0.153. The lowest BCUT2D eigenvalue weighted by atomic mass is 9.80. The lowest BCUT2D eigenvalue weighted by Gasteiger charge is -2.41. The summed E-state index contributed by atoms with van der Waals surface area (Å²) in [5, 5.41) is 11.6. The topological polar surface area (TPSA) is 174 Å². The molecule has 290 valence electrons. The fourth-order valence-corrected chi connectivity index (χ4v) is 8.58. The standard InChI is InChI=1S/C39H62N6O7/c1-12-13-21-16-39(21,30(48)32(50)40-22-14-15-22)43-31(49)28-27-23(38(27,10)11)19-45(28)33(51)29(36(5,6)7)42-34(52)41-24(35(2,3)4)20-44-25(46)17-37(8,9)18-26(44)47/h21-24,27-29H,12-20H2,1-11H3,(H,40,50)(H,43,49)(H2,41,42,52)/t21-,23-,24+,27-,28-,29+,39-/m0/s1. The van der Waals surface area contributed by atoms with Crippen LogP contribution < -0.4 is 21.3 Å². The number of Topliss-reactive ketones (excluding diaryl/α,β-unsaturated/α-hetero) is 1. The van der Waals surface area contributed by atoms with Gasteiger partial charge < -0.3 is 26.2 Å². The summed E-state index contributed by atoms with van der Waals surface area (Å²) in [7, 11) is 0. The Balaban J connectivity index is 1.33. The molecule has 0 unspecified atom stereocenters. The van der Waals surface area contributed by atoms with Gasteiger partial charge in [0.25, 0.3) is 5.91 Å². The molecule has 3 saturated carbocycles. The zero-order valence-corrected chi connectivity index (χ0v) is 33.2. The third-order valence-electron chi connectivity index (χ3n) is 12.3. The summed E-state index contributed by atoms with van der Waals surface area (Å²) in [5.74, 6) is -2.93. The Kier molecular flexibility index (Phi) is 10.2. The molecule has 4 N–H and O–H groups in total. The van der Waals surface area contributed by atoms with Gasteiger partial charge in [-0.3, -0.25) is 33.7 Å². The van der Waals surface area contributed by atoms with Crippen molar-refractivity contribution < 1.29 is 33.6 Å². The Morgan fingerprint density at radius 1 is 0.885 bits per heavy atom. The van der Waals surface area contributed by atoms with Crippen LogP contribution in [0.2, 0.25) is 0 Å². The van der Waals surface area contributed by atoms with Gasteiger partial charge in [-0.15, -0.1) is 0 Å². The number of hydrogen-bond donors (Lipinski definition) is 4. The molecule has 2 saturated heterocycles. The molecule has 0 radical (unpaired) electrons. The third-order valence-corrected chi connectivity index (χ3v) is 12.3. The number of amides is 7. The number of imide groups is 1. The maximum Gasteiger partial charge on any atom is 0.315 e. The van der Waals surface area contributed by atoms with Crippen LogP contribution >= 0.6 is 0 Å². The van der Waals surface area contributed by atoms with Gasteiger partial charge in [0.05, 0.1) is 6.04 Å². The second-order valence-electron chi connectivity index (χ2n) is 19.9. The van der Waals surface area contributed by atoms with Gasteiger partial charge in [-0.05, 0) is 65.1 Å². The first kappa shape index (κ1) is 39.7. The van der Waals surface area contributed by atoms with Crippen LogP contribution in [0.15, 0.2) is 0 Å². The number of urea groups is 1. The summed E-state index contributed by atoms with van der Waals surface area (Å²) >= 11 is 0. The predicted molar refractivity (Wildman–Crippen MR) is 194 cm³/mol. The fourth-order valence-electron chi connectivity index (χ4n) is 8.58. The zero-order valence-electron chi connectivity index (χ0n) is 33.2. The number of rotatable bonds is 12. The number of nitrogens with one attached hydrogen (secondary N) is 4. The maximum absolute atomic E-state index is 14.6. The maximum atomic E-state index is 14.6. The number of piperidine rings is 2. The number of hydrogen-bond acceptors (Lipinski definition) is 7. The highest BCUT2D eigenvalue weighted by Gasteiger charge is 2.71. The van der Waals surface area contributed by atoms with E-state index in [-0.39, 0.29) is 60.4 Å². The van der Waals surface area contributed by atoms with Crippen LogP contribution in [0, 0.1) is 39.4 Å². The van der Waals surface area contributed by atoms with Crippen LogP contribution in [0.4, 0.5) is 4.79 Å². The summed E-state index contributed by atoms with van der Waals surface area (Å²) in [6.07, 6.45) is 4.00. The first-order valence-corrected chi connectivity index (χ1v) is 19.2. The average Bonchev–Trinajstić information content (AvgIpc) is 3.95. The van der Waals surface area contributed by atoms with E-state index in [4.69, 9.17) is 0 Å². The number of nitrogens with zero attached hydrogens (tertiary/aromatic N) is 2. The largest absolute Gasteiger partial charge is 0.347 e. The van der Waals surface area contributed by atoms with Gasteiger partial charge >= 0.3 is 6.03 Å². The highest BCUT2D eigenvalue weighted by molar-refractivity contribution is 6.41. The molecule has 2 heterocycles. The van der Waals surface area contributed by atoms with Crippen molar-refractivity contribution in [1.82, 2.24) is 31.1 Å².